The number of rotatable bonds is 6. The van der Waals surface area contributed by atoms with E-state index in [1.165, 1.54) is 6.42 Å². The molecule has 1 spiro atoms. The molecule has 0 aromatic rings. The van der Waals surface area contributed by atoms with Crippen LogP contribution in [0.5, 0.6) is 0 Å². The van der Waals surface area contributed by atoms with Crippen LogP contribution in [0.4, 0.5) is 0 Å². The molecule has 2 heterocycles. The number of hydrogen-bond donors (Lipinski definition) is 0. The Labute approximate surface area is 132 Å². The van der Waals surface area contributed by atoms with Crippen molar-refractivity contribution in [3.63, 3.8) is 0 Å². The molecule has 3 atom stereocenters. The second kappa shape index (κ2) is 7.30. The van der Waals surface area contributed by atoms with Crippen molar-refractivity contribution in [1.29, 1.82) is 0 Å². The maximum Gasteiger partial charge on any atom is 0.212 e. The van der Waals surface area contributed by atoms with Gasteiger partial charge in [0.25, 0.3) is 0 Å². The standard InChI is InChI=1S/C17H28O5/c1-3-4-10-18-13(2)21-15-12-19-16-14(15)11-20-17(22-16)8-6-5-7-9-17/h11,13,15-16H,3-10,12H2,1-2H3/t13?,15-,16+/m0/s1. The summed E-state index contributed by atoms with van der Waals surface area (Å²) in [5.74, 6) is -0.468. The molecule has 0 aromatic carbocycles. The summed E-state index contributed by atoms with van der Waals surface area (Å²) in [4.78, 5) is 0. The maximum absolute atomic E-state index is 6.12. The van der Waals surface area contributed by atoms with E-state index in [-0.39, 0.29) is 18.7 Å². The van der Waals surface area contributed by atoms with Crippen molar-refractivity contribution in [3.8, 4) is 0 Å². The molecule has 2 aliphatic heterocycles. The summed E-state index contributed by atoms with van der Waals surface area (Å²) >= 11 is 0. The third-order valence-electron chi connectivity index (χ3n) is 4.60. The maximum atomic E-state index is 6.12. The van der Waals surface area contributed by atoms with Gasteiger partial charge in [-0.2, -0.15) is 0 Å². The van der Waals surface area contributed by atoms with Crippen molar-refractivity contribution in [2.45, 2.75) is 83.3 Å². The molecular formula is C17H28O5. The quantitative estimate of drug-likeness (QED) is 0.555. The molecule has 22 heavy (non-hydrogen) atoms. The molecule has 0 N–H and O–H groups in total. The van der Waals surface area contributed by atoms with Crippen LogP contribution in [-0.4, -0.2) is 37.7 Å². The zero-order valence-electron chi connectivity index (χ0n) is 13.7. The van der Waals surface area contributed by atoms with Gasteiger partial charge in [0.1, 0.15) is 6.10 Å². The molecule has 1 saturated carbocycles. The fourth-order valence-electron chi connectivity index (χ4n) is 3.26. The average molecular weight is 312 g/mol. The van der Waals surface area contributed by atoms with Crippen LogP contribution in [0.3, 0.4) is 0 Å². The largest absolute Gasteiger partial charge is 0.470 e. The van der Waals surface area contributed by atoms with Crippen LogP contribution in [0, 0.1) is 0 Å². The van der Waals surface area contributed by atoms with E-state index in [4.69, 9.17) is 23.7 Å². The van der Waals surface area contributed by atoms with E-state index < -0.39 is 5.79 Å². The summed E-state index contributed by atoms with van der Waals surface area (Å²) in [6, 6.07) is 0. The highest BCUT2D eigenvalue weighted by atomic mass is 16.8. The average Bonchev–Trinajstić information content (AvgIpc) is 2.90. The molecule has 3 rings (SSSR count). The predicted molar refractivity (Wildman–Crippen MR) is 81.0 cm³/mol. The first kappa shape index (κ1) is 16.2. The van der Waals surface area contributed by atoms with Crippen LogP contribution in [-0.2, 0) is 23.7 Å². The fraction of sp³-hybridized carbons (Fsp3) is 0.882. The van der Waals surface area contributed by atoms with Gasteiger partial charge in [-0.3, -0.25) is 0 Å². The molecule has 3 aliphatic rings. The van der Waals surface area contributed by atoms with E-state index in [9.17, 15) is 0 Å². The van der Waals surface area contributed by atoms with E-state index in [0.29, 0.717) is 6.61 Å². The Kier molecular flexibility index (Phi) is 5.39. The smallest absolute Gasteiger partial charge is 0.212 e. The zero-order chi connectivity index (χ0) is 15.4. The van der Waals surface area contributed by atoms with E-state index >= 15 is 0 Å². The lowest BCUT2D eigenvalue weighted by Crippen LogP contribution is -2.44. The van der Waals surface area contributed by atoms with Gasteiger partial charge in [-0.15, -0.1) is 0 Å². The monoisotopic (exact) mass is 312 g/mol. The fourth-order valence-corrected chi connectivity index (χ4v) is 3.26. The van der Waals surface area contributed by atoms with Gasteiger partial charge in [0.2, 0.25) is 5.79 Å². The Morgan fingerprint density at radius 3 is 2.91 bits per heavy atom. The van der Waals surface area contributed by atoms with Crippen LogP contribution in [0.25, 0.3) is 0 Å². The van der Waals surface area contributed by atoms with Crippen molar-refractivity contribution in [3.05, 3.63) is 11.8 Å². The SMILES string of the molecule is CCCCOC(C)O[C@H]1CO[C@@H]2OC3(CCCCC3)OC=C21. The minimum absolute atomic E-state index is 0.137. The predicted octanol–water partition coefficient (Wildman–Crippen LogP) is 3.48. The van der Waals surface area contributed by atoms with Crippen molar-refractivity contribution < 1.29 is 23.7 Å². The first-order chi connectivity index (χ1) is 10.7. The molecule has 5 nitrogen and oxygen atoms in total. The van der Waals surface area contributed by atoms with Gasteiger partial charge in [-0.05, 0) is 26.2 Å². The minimum Gasteiger partial charge on any atom is -0.470 e. The molecule has 0 bridgehead atoms. The van der Waals surface area contributed by atoms with Crippen LogP contribution in [0.1, 0.15) is 58.8 Å². The van der Waals surface area contributed by atoms with Crippen molar-refractivity contribution in [2.24, 2.45) is 0 Å². The van der Waals surface area contributed by atoms with Gasteiger partial charge < -0.3 is 23.7 Å². The zero-order valence-corrected chi connectivity index (χ0v) is 13.7. The molecule has 5 heteroatoms. The van der Waals surface area contributed by atoms with E-state index in [1.807, 2.05) is 13.2 Å². The van der Waals surface area contributed by atoms with Gasteiger partial charge in [-0.1, -0.05) is 19.8 Å². The molecule has 2 fully saturated rings. The third kappa shape index (κ3) is 3.65. The first-order valence-corrected chi connectivity index (χ1v) is 8.67. The van der Waals surface area contributed by atoms with Crippen LogP contribution in [0.15, 0.2) is 11.8 Å². The number of ether oxygens (including phenoxy) is 5. The molecule has 0 radical (unpaired) electrons. The van der Waals surface area contributed by atoms with Gasteiger partial charge >= 0.3 is 0 Å². The van der Waals surface area contributed by atoms with E-state index in [1.54, 1.807) is 0 Å². The highest BCUT2D eigenvalue weighted by Gasteiger charge is 2.46. The Hall–Kier alpha value is -0.620. The highest BCUT2D eigenvalue weighted by molar-refractivity contribution is 5.16. The third-order valence-corrected chi connectivity index (χ3v) is 4.60. The van der Waals surface area contributed by atoms with E-state index in [2.05, 4.69) is 6.92 Å². The van der Waals surface area contributed by atoms with Gasteiger partial charge in [0, 0.05) is 19.4 Å². The molecule has 0 amide bonds. The summed E-state index contributed by atoms with van der Waals surface area (Å²) in [5, 5.41) is 0. The summed E-state index contributed by atoms with van der Waals surface area (Å²) < 4.78 is 29.4. The summed E-state index contributed by atoms with van der Waals surface area (Å²) in [6.45, 7) is 5.30. The molecule has 1 unspecified atom stereocenters. The topological polar surface area (TPSA) is 46.2 Å². The van der Waals surface area contributed by atoms with Gasteiger partial charge in [0.15, 0.2) is 12.6 Å². The molecule has 0 aromatic heterocycles. The molecule has 126 valence electrons. The molecule has 1 aliphatic carbocycles. The lowest BCUT2D eigenvalue weighted by molar-refractivity contribution is -0.297. The van der Waals surface area contributed by atoms with Gasteiger partial charge in [0.05, 0.1) is 18.4 Å². The lowest BCUT2D eigenvalue weighted by atomic mass is 9.93. The van der Waals surface area contributed by atoms with Crippen molar-refractivity contribution in [2.75, 3.05) is 13.2 Å². The van der Waals surface area contributed by atoms with Crippen molar-refractivity contribution >= 4 is 0 Å². The van der Waals surface area contributed by atoms with Crippen LogP contribution in [0.2, 0.25) is 0 Å². The highest BCUT2D eigenvalue weighted by Crippen LogP contribution is 2.41. The summed E-state index contributed by atoms with van der Waals surface area (Å²) in [6.07, 6.45) is 8.73. The van der Waals surface area contributed by atoms with Crippen molar-refractivity contribution in [1.82, 2.24) is 0 Å². The first-order valence-electron chi connectivity index (χ1n) is 8.67. The second-order valence-corrected chi connectivity index (χ2v) is 6.41. The Bertz CT molecular complexity index is 389. The van der Waals surface area contributed by atoms with Gasteiger partial charge in [-0.25, -0.2) is 0 Å². The normalized spacial score (nSPS) is 31.5. The number of unbranched alkanes of at least 4 members (excludes halogenated alkanes) is 1. The number of hydrogen-bond acceptors (Lipinski definition) is 5. The Balaban J connectivity index is 1.54. The minimum atomic E-state index is -0.468. The van der Waals surface area contributed by atoms with E-state index in [0.717, 1.165) is 50.7 Å². The Morgan fingerprint density at radius 2 is 2.14 bits per heavy atom. The lowest BCUT2D eigenvalue weighted by Gasteiger charge is -2.41. The molecular weight excluding hydrogens is 284 g/mol. The summed E-state index contributed by atoms with van der Waals surface area (Å²) in [7, 11) is 0. The molecule has 1 saturated heterocycles. The Morgan fingerprint density at radius 1 is 1.32 bits per heavy atom. The number of fused-ring (bicyclic) bond motifs is 1. The van der Waals surface area contributed by atoms with Crippen LogP contribution >= 0.6 is 0 Å². The van der Waals surface area contributed by atoms with Crippen LogP contribution < -0.4 is 0 Å². The summed E-state index contributed by atoms with van der Waals surface area (Å²) in [5.41, 5.74) is 0.946. The second-order valence-electron chi connectivity index (χ2n) is 6.41.